The number of carbonyl (C=O) groups excluding carboxylic acids is 1. The maximum absolute atomic E-state index is 11.3. The molecule has 114 valence electrons. The zero-order valence-corrected chi connectivity index (χ0v) is 12.5. The Bertz CT molecular complexity index is 646. The Labute approximate surface area is 130 Å². The molecule has 4 heteroatoms. The molecule has 1 fully saturated rings. The Kier molecular flexibility index (Phi) is 4.51. The molecule has 0 unspecified atom stereocenters. The fourth-order valence-electron chi connectivity index (χ4n) is 2.67. The van der Waals surface area contributed by atoms with E-state index in [-0.39, 0.29) is 0 Å². The van der Waals surface area contributed by atoms with Gasteiger partial charge >= 0.3 is 0 Å². The number of amides is 1. The lowest BCUT2D eigenvalue weighted by molar-refractivity contribution is 0.0342. The molecule has 1 saturated heterocycles. The van der Waals surface area contributed by atoms with Gasteiger partial charge in [-0.15, -0.1) is 0 Å². The van der Waals surface area contributed by atoms with Crippen molar-refractivity contribution in [2.75, 3.05) is 26.3 Å². The number of benzene rings is 2. The monoisotopic (exact) mass is 296 g/mol. The molecule has 0 aromatic heterocycles. The van der Waals surface area contributed by atoms with Crippen molar-refractivity contribution in [1.29, 1.82) is 0 Å². The van der Waals surface area contributed by atoms with E-state index in [1.54, 1.807) is 6.07 Å². The molecule has 1 aliphatic heterocycles. The number of rotatable bonds is 4. The summed E-state index contributed by atoms with van der Waals surface area (Å²) in [6.07, 6.45) is 0. The highest BCUT2D eigenvalue weighted by Gasteiger charge is 2.10. The first-order chi connectivity index (χ1) is 10.7. The summed E-state index contributed by atoms with van der Waals surface area (Å²) in [5.41, 5.74) is 9.26. The molecule has 0 bridgehead atoms. The van der Waals surface area contributed by atoms with Crippen molar-refractivity contribution in [3.05, 3.63) is 59.7 Å². The molecule has 0 saturated carbocycles. The Hall–Kier alpha value is -2.17. The SMILES string of the molecule is NC(=O)c1cccc(-c2ccc(CN3CCOCC3)cc2)c1. The van der Waals surface area contributed by atoms with Gasteiger partial charge in [-0.2, -0.15) is 0 Å². The summed E-state index contributed by atoms with van der Waals surface area (Å²) in [6, 6.07) is 15.9. The summed E-state index contributed by atoms with van der Waals surface area (Å²) in [4.78, 5) is 13.7. The van der Waals surface area contributed by atoms with Crippen LogP contribution in [0.4, 0.5) is 0 Å². The average Bonchev–Trinajstić information content (AvgIpc) is 2.56. The van der Waals surface area contributed by atoms with Crippen molar-refractivity contribution < 1.29 is 9.53 Å². The van der Waals surface area contributed by atoms with Crippen LogP contribution in [0.5, 0.6) is 0 Å². The van der Waals surface area contributed by atoms with Gasteiger partial charge in [0.2, 0.25) is 5.91 Å². The first kappa shape index (κ1) is 14.8. The van der Waals surface area contributed by atoms with Crippen LogP contribution in [0.25, 0.3) is 11.1 Å². The highest BCUT2D eigenvalue weighted by molar-refractivity contribution is 5.94. The maximum atomic E-state index is 11.3. The van der Waals surface area contributed by atoms with E-state index in [2.05, 4.69) is 29.2 Å². The fourth-order valence-corrected chi connectivity index (χ4v) is 2.67. The van der Waals surface area contributed by atoms with Crippen molar-refractivity contribution in [3.8, 4) is 11.1 Å². The Morgan fingerprint density at radius 2 is 1.77 bits per heavy atom. The van der Waals surface area contributed by atoms with Gasteiger partial charge in [0.25, 0.3) is 0 Å². The number of nitrogens with two attached hydrogens (primary N) is 1. The van der Waals surface area contributed by atoms with Gasteiger partial charge in [0, 0.05) is 25.2 Å². The largest absolute Gasteiger partial charge is 0.379 e. The van der Waals surface area contributed by atoms with Crippen molar-refractivity contribution in [3.63, 3.8) is 0 Å². The second-order valence-electron chi connectivity index (χ2n) is 5.53. The molecular weight excluding hydrogens is 276 g/mol. The van der Waals surface area contributed by atoms with Gasteiger partial charge < -0.3 is 10.5 Å². The standard InChI is InChI=1S/C18H20N2O2/c19-18(21)17-3-1-2-16(12-17)15-6-4-14(5-7-15)13-20-8-10-22-11-9-20/h1-7,12H,8-11,13H2,(H2,19,21). The zero-order chi connectivity index (χ0) is 15.4. The molecule has 3 rings (SSSR count). The molecule has 22 heavy (non-hydrogen) atoms. The van der Waals surface area contributed by atoms with E-state index in [0.717, 1.165) is 44.0 Å². The Balaban J connectivity index is 1.73. The van der Waals surface area contributed by atoms with E-state index in [1.807, 2.05) is 18.2 Å². The molecule has 2 aromatic carbocycles. The van der Waals surface area contributed by atoms with E-state index in [4.69, 9.17) is 10.5 Å². The van der Waals surface area contributed by atoms with Crippen LogP contribution in [-0.4, -0.2) is 37.1 Å². The molecule has 0 spiro atoms. The normalized spacial score (nSPS) is 15.6. The van der Waals surface area contributed by atoms with E-state index in [9.17, 15) is 4.79 Å². The van der Waals surface area contributed by atoms with Crippen molar-refractivity contribution in [1.82, 2.24) is 4.90 Å². The van der Waals surface area contributed by atoms with E-state index in [1.165, 1.54) is 5.56 Å². The molecule has 0 atom stereocenters. The van der Waals surface area contributed by atoms with Crippen LogP contribution < -0.4 is 5.73 Å². The number of morpholine rings is 1. The van der Waals surface area contributed by atoms with Crippen molar-refractivity contribution in [2.24, 2.45) is 5.73 Å². The summed E-state index contributed by atoms with van der Waals surface area (Å²) in [6.45, 7) is 4.56. The molecule has 1 heterocycles. The Morgan fingerprint density at radius 3 is 2.45 bits per heavy atom. The predicted molar refractivity (Wildman–Crippen MR) is 86.5 cm³/mol. The minimum Gasteiger partial charge on any atom is -0.379 e. The van der Waals surface area contributed by atoms with E-state index < -0.39 is 5.91 Å². The number of carbonyl (C=O) groups is 1. The van der Waals surface area contributed by atoms with Crippen LogP contribution in [0.15, 0.2) is 48.5 Å². The third kappa shape index (κ3) is 3.53. The van der Waals surface area contributed by atoms with Gasteiger partial charge in [-0.25, -0.2) is 0 Å². The number of hydrogen-bond acceptors (Lipinski definition) is 3. The van der Waals surface area contributed by atoms with Gasteiger partial charge in [0.15, 0.2) is 0 Å². The summed E-state index contributed by atoms with van der Waals surface area (Å²) < 4.78 is 5.37. The lowest BCUT2D eigenvalue weighted by Gasteiger charge is -2.26. The van der Waals surface area contributed by atoms with Crippen molar-refractivity contribution >= 4 is 5.91 Å². The number of hydrogen-bond donors (Lipinski definition) is 1. The molecule has 1 aliphatic rings. The first-order valence-corrected chi connectivity index (χ1v) is 7.52. The third-order valence-electron chi connectivity index (χ3n) is 3.94. The average molecular weight is 296 g/mol. The topological polar surface area (TPSA) is 55.6 Å². The smallest absolute Gasteiger partial charge is 0.248 e. The van der Waals surface area contributed by atoms with Gasteiger partial charge in [0.05, 0.1) is 13.2 Å². The third-order valence-corrected chi connectivity index (χ3v) is 3.94. The molecular formula is C18H20N2O2. The molecule has 1 amide bonds. The van der Waals surface area contributed by atoms with Crippen LogP contribution in [0.3, 0.4) is 0 Å². The summed E-state index contributed by atoms with van der Waals surface area (Å²) >= 11 is 0. The number of ether oxygens (including phenoxy) is 1. The van der Waals surface area contributed by atoms with Crippen molar-refractivity contribution in [2.45, 2.75) is 6.54 Å². The van der Waals surface area contributed by atoms with Crippen LogP contribution in [0.2, 0.25) is 0 Å². The highest BCUT2D eigenvalue weighted by Crippen LogP contribution is 2.21. The summed E-state index contributed by atoms with van der Waals surface area (Å²) in [5, 5.41) is 0. The quantitative estimate of drug-likeness (QED) is 0.941. The van der Waals surface area contributed by atoms with Crippen LogP contribution in [0, 0.1) is 0 Å². The molecule has 0 aliphatic carbocycles. The van der Waals surface area contributed by atoms with Gasteiger partial charge in [-0.1, -0.05) is 36.4 Å². The highest BCUT2D eigenvalue weighted by atomic mass is 16.5. The lowest BCUT2D eigenvalue weighted by Crippen LogP contribution is -2.35. The minimum absolute atomic E-state index is 0.397. The molecule has 2 N–H and O–H groups in total. The van der Waals surface area contributed by atoms with Gasteiger partial charge in [-0.05, 0) is 28.8 Å². The Morgan fingerprint density at radius 1 is 1.05 bits per heavy atom. The van der Waals surface area contributed by atoms with E-state index in [0.29, 0.717) is 5.56 Å². The number of primary amides is 1. The molecule has 2 aromatic rings. The minimum atomic E-state index is -0.397. The van der Waals surface area contributed by atoms with E-state index >= 15 is 0 Å². The molecule has 4 nitrogen and oxygen atoms in total. The summed E-state index contributed by atoms with van der Waals surface area (Å²) in [5.74, 6) is -0.397. The van der Waals surface area contributed by atoms with Gasteiger partial charge in [-0.3, -0.25) is 9.69 Å². The second kappa shape index (κ2) is 6.73. The van der Waals surface area contributed by atoms with Crippen LogP contribution in [0.1, 0.15) is 15.9 Å². The predicted octanol–water partition coefficient (Wildman–Crippen LogP) is 2.28. The molecule has 0 radical (unpaired) electrons. The first-order valence-electron chi connectivity index (χ1n) is 7.52. The fraction of sp³-hybridized carbons (Fsp3) is 0.278. The summed E-state index contributed by atoms with van der Waals surface area (Å²) in [7, 11) is 0. The zero-order valence-electron chi connectivity index (χ0n) is 12.5. The number of nitrogens with zero attached hydrogens (tertiary/aromatic N) is 1. The maximum Gasteiger partial charge on any atom is 0.248 e. The van der Waals surface area contributed by atoms with Crippen LogP contribution in [-0.2, 0) is 11.3 Å². The second-order valence-corrected chi connectivity index (χ2v) is 5.53. The van der Waals surface area contributed by atoms with Crippen LogP contribution >= 0.6 is 0 Å². The lowest BCUT2D eigenvalue weighted by atomic mass is 10.0. The van der Waals surface area contributed by atoms with Gasteiger partial charge in [0.1, 0.15) is 0 Å².